The number of ether oxygens (including phenoxy) is 2. The standard InChI is InChI=1S/C22H22N2O4/c1-5-16-6-9-18(10-7-16)24-22(26)19(14(2)23-24)12-17-8-11-20(28-15(3)25)21(13-17)27-4/h6-13H,5H2,1-4H3/b19-12+. The molecule has 0 saturated carbocycles. The molecule has 1 heterocycles. The van der Waals surface area contributed by atoms with E-state index in [0.717, 1.165) is 17.7 Å². The van der Waals surface area contributed by atoms with Crippen molar-refractivity contribution in [2.45, 2.75) is 27.2 Å². The fourth-order valence-corrected chi connectivity index (χ4v) is 2.91. The van der Waals surface area contributed by atoms with Crippen LogP contribution in [-0.4, -0.2) is 24.7 Å². The van der Waals surface area contributed by atoms with E-state index in [-0.39, 0.29) is 5.91 Å². The van der Waals surface area contributed by atoms with Crippen molar-refractivity contribution in [3.05, 3.63) is 59.2 Å². The Morgan fingerprint density at radius 2 is 1.86 bits per heavy atom. The van der Waals surface area contributed by atoms with Gasteiger partial charge >= 0.3 is 5.97 Å². The first kappa shape index (κ1) is 19.4. The van der Waals surface area contributed by atoms with E-state index in [4.69, 9.17) is 9.47 Å². The van der Waals surface area contributed by atoms with Crippen molar-refractivity contribution in [2.75, 3.05) is 12.1 Å². The van der Waals surface area contributed by atoms with E-state index in [9.17, 15) is 9.59 Å². The van der Waals surface area contributed by atoms with Crippen LogP contribution >= 0.6 is 0 Å². The van der Waals surface area contributed by atoms with Gasteiger partial charge in [0.15, 0.2) is 11.5 Å². The molecule has 6 nitrogen and oxygen atoms in total. The SMILES string of the molecule is CCc1ccc(N2N=C(C)/C(=C\c3ccc(OC(C)=O)c(OC)c3)C2=O)cc1. The van der Waals surface area contributed by atoms with Crippen molar-refractivity contribution in [1.82, 2.24) is 0 Å². The van der Waals surface area contributed by atoms with Gasteiger partial charge in [-0.3, -0.25) is 9.59 Å². The average molecular weight is 378 g/mol. The maximum Gasteiger partial charge on any atom is 0.308 e. The lowest BCUT2D eigenvalue weighted by atomic mass is 10.1. The summed E-state index contributed by atoms with van der Waals surface area (Å²) >= 11 is 0. The van der Waals surface area contributed by atoms with Crippen LogP contribution in [0.25, 0.3) is 6.08 Å². The highest BCUT2D eigenvalue weighted by molar-refractivity contribution is 6.32. The summed E-state index contributed by atoms with van der Waals surface area (Å²) in [6, 6.07) is 12.9. The fourth-order valence-electron chi connectivity index (χ4n) is 2.91. The topological polar surface area (TPSA) is 68.2 Å². The van der Waals surface area contributed by atoms with E-state index >= 15 is 0 Å². The van der Waals surface area contributed by atoms with Gasteiger partial charge in [0.25, 0.3) is 5.91 Å². The molecule has 0 radical (unpaired) electrons. The van der Waals surface area contributed by atoms with Crippen LogP contribution in [0.4, 0.5) is 5.69 Å². The summed E-state index contributed by atoms with van der Waals surface area (Å²) in [5, 5.41) is 5.81. The first-order valence-electron chi connectivity index (χ1n) is 9.00. The molecule has 1 amide bonds. The normalized spacial score (nSPS) is 15.0. The molecular formula is C22H22N2O4. The summed E-state index contributed by atoms with van der Waals surface area (Å²) in [7, 11) is 1.49. The van der Waals surface area contributed by atoms with Crippen LogP contribution < -0.4 is 14.5 Å². The van der Waals surface area contributed by atoms with Crippen LogP contribution in [0.1, 0.15) is 31.9 Å². The number of nitrogens with zero attached hydrogens (tertiary/aromatic N) is 2. The zero-order valence-electron chi connectivity index (χ0n) is 16.4. The predicted octanol–water partition coefficient (Wildman–Crippen LogP) is 3.99. The monoisotopic (exact) mass is 378 g/mol. The van der Waals surface area contributed by atoms with Gasteiger partial charge in [-0.05, 0) is 54.8 Å². The van der Waals surface area contributed by atoms with Crippen molar-refractivity contribution in [1.29, 1.82) is 0 Å². The van der Waals surface area contributed by atoms with Gasteiger partial charge in [-0.15, -0.1) is 0 Å². The largest absolute Gasteiger partial charge is 0.493 e. The number of rotatable bonds is 5. The quantitative estimate of drug-likeness (QED) is 0.448. The van der Waals surface area contributed by atoms with Crippen LogP contribution in [0.5, 0.6) is 11.5 Å². The molecule has 6 heteroatoms. The Morgan fingerprint density at radius 3 is 2.46 bits per heavy atom. The minimum Gasteiger partial charge on any atom is -0.493 e. The van der Waals surface area contributed by atoms with E-state index < -0.39 is 5.97 Å². The number of benzene rings is 2. The summed E-state index contributed by atoms with van der Waals surface area (Å²) < 4.78 is 10.4. The van der Waals surface area contributed by atoms with Crippen molar-refractivity contribution in [3.8, 4) is 11.5 Å². The molecule has 144 valence electrons. The fraction of sp³-hybridized carbons (Fsp3) is 0.227. The predicted molar refractivity (Wildman–Crippen MR) is 109 cm³/mol. The van der Waals surface area contributed by atoms with E-state index in [0.29, 0.717) is 22.8 Å². The second kappa shape index (κ2) is 8.08. The minimum absolute atomic E-state index is 0.190. The van der Waals surface area contributed by atoms with Gasteiger partial charge in [-0.1, -0.05) is 25.1 Å². The summed E-state index contributed by atoms with van der Waals surface area (Å²) in [4.78, 5) is 24.1. The molecule has 3 rings (SSSR count). The minimum atomic E-state index is -0.428. The number of carbonyl (C=O) groups excluding carboxylic acids is 2. The van der Waals surface area contributed by atoms with Gasteiger partial charge < -0.3 is 9.47 Å². The lowest BCUT2D eigenvalue weighted by Crippen LogP contribution is -2.21. The highest BCUT2D eigenvalue weighted by atomic mass is 16.6. The number of methoxy groups -OCH3 is 1. The molecule has 28 heavy (non-hydrogen) atoms. The van der Waals surface area contributed by atoms with Crippen molar-refractivity contribution in [2.24, 2.45) is 5.10 Å². The molecule has 2 aromatic carbocycles. The van der Waals surface area contributed by atoms with Crippen LogP contribution in [0, 0.1) is 0 Å². The Labute approximate surface area is 164 Å². The van der Waals surface area contributed by atoms with E-state index in [1.807, 2.05) is 24.3 Å². The Bertz CT molecular complexity index is 975. The first-order chi connectivity index (χ1) is 13.4. The molecule has 0 N–H and O–H groups in total. The molecule has 2 aromatic rings. The third kappa shape index (κ3) is 3.96. The average Bonchev–Trinajstić information content (AvgIpc) is 2.97. The number of aryl methyl sites for hydroxylation is 1. The van der Waals surface area contributed by atoms with Gasteiger partial charge in [0, 0.05) is 6.92 Å². The Hall–Kier alpha value is -3.41. The van der Waals surface area contributed by atoms with E-state index in [1.165, 1.54) is 24.6 Å². The molecule has 0 saturated heterocycles. The van der Waals surface area contributed by atoms with Gasteiger partial charge in [0.1, 0.15) is 0 Å². The highest BCUT2D eigenvalue weighted by Gasteiger charge is 2.28. The molecule has 0 bridgehead atoms. The third-order valence-electron chi connectivity index (χ3n) is 4.40. The van der Waals surface area contributed by atoms with Crippen molar-refractivity contribution < 1.29 is 19.1 Å². The molecule has 1 aliphatic rings. The molecule has 0 fully saturated rings. The molecule has 0 aromatic heterocycles. The number of carbonyl (C=O) groups is 2. The van der Waals surface area contributed by atoms with Gasteiger partial charge in [-0.2, -0.15) is 10.1 Å². The van der Waals surface area contributed by atoms with E-state index in [1.54, 1.807) is 31.2 Å². The zero-order chi connectivity index (χ0) is 20.3. The molecule has 0 atom stereocenters. The summed E-state index contributed by atoms with van der Waals surface area (Å²) in [5.74, 6) is 0.127. The lowest BCUT2D eigenvalue weighted by molar-refractivity contribution is -0.132. The number of anilines is 1. The van der Waals surface area contributed by atoms with E-state index in [2.05, 4.69) is 12.0 Å². The van der Waals surface area contributed by atoms with Crippen LogP contribution in [0.2, 0.25) is 0 Å². The smallest absolute Gasteiger partial charge is 0.308 e. The number of esters is 1. The molecule has 0 aliphatic carbocycles. The Balaban J connectivity index is 1.89. The van der Waals surface area contributed by atoms with Crippen LogP contribution in [-0.2, 0) is 16.0 Å². The van der Waals surface area contributed by atoms with Crippen LogP contribution in [0.15, 0.2) is 53.1 Å². The highest BCUT2D eigenvalue weighted by Crippen LogP contribution is 2.30. The number of amides is 1. The number of hydrazone groups is 1. The summed E-state index contributed by atoms with van der Waals surface area (Å²) in [6.45, 7) is 5.21. The molecule has 1 aliphatic heterocycles. The van der Waals surface area contributed by atoms with Crippen molar-refractivity contribution in [3.63, 3.8) is 0 Å². The summed E-state index contributed by atoms with van der Waals surface area (Å²) in [5.41, 5.74) is 3.81. The Kier molecular flexibility index (Phi) is 5.59. The molecule has 0 spiro atoms. The molecular weight excluding hydrogens is 356 g/mol. The van der Waals surface area contributed by atoms with Crippen molar-refractivity contribution >= 4 is 29.4 Å². The number of hydrogen-bond donors (Lipinski definition) is 0. The zero-order valence-corrected chi connectivity index (χ0v) is 16.4. The third-order valence-corrected chi connectivity index (χ3v) is 4.40. The van der Waals surface area contributed by atoms with Gasteiger partial charge in [0.2, 0.25) is 0 Å². The maximum atomic E-state index is 12.9. The van der Waals surface area contributed by atoms with Gasteiger partial charge in [-0.25, -0.2) is 0 Å². The van der Waals surface area contributed by atoms with Crippen LogP contribution in [0.3, 0.4) is 0 Å². The summed E-state index contributed by atoms with van der Waals surface area (Å²) in [6.07, 6.45) is 2.69. The second-order valence-corrected chi connectivity index (χ2v) is 6.38. The Morgan fingerprint density at radius 1 is 1.14 bits per heavy atom. The first-order valence-corrected chi connectivity index (χ1v) is 9.00. The van der Waals surface area contributed by atoms with Gasteiger partial charge in [0.05, 0.1) is 24.1 Å². The lowest BCUT2D eigenvalue weighted by Gasteiger charge is -2.12. The maximum absolute atomic E-state index is 12.9. The second-order valence-electron chi connectivity index (χ2n) is 6.38. The number of hydrogen-bond acceptors (Lipinski definition) is 5. The molecule has 0 unspecified atom stereocenters.